The molecule has 0 fully saturated rings. The Hall–Kier alpha value is -3.27. The number of amides is 1. The molecule has 0 saturated carbocycles. The molecule has 2 heterocycles. The van der Waals surface area contributed by atoms with E-state index in [2.05, 4.69) is 16.4 Å². The summed E-state index contributed by atoms with van der Waals surface area (Å²) in [4.78, 5) is 15.5. The fourth-order valence-corrected chi connectivity index (χ4v) is 2.87. The Bertz CT molecular complexity index is 1030. The van der Waals surface area contributed by atoms with Gasteiger partial charge in [-0.3, -0.25) is 4.79 Å². The lowest BCUT2D eigenvalue weighted by Gasteiger charge is -2.01. The third kappa shape index (κ3) is 3.19. The van der Waals surface area contributed by atoms with Crippen molar-refractivity contribution >= 4 is 16.8 Å². The summed E-state index contributed by atoms with van der Waals surface area (Å²) >= 11 is 0. The van der Waals surface area contributed by atoms with Crippen molar-refractivity contribution in [2.24, 2.45) is 0 Å². The molecule has 0 aliphatic rings. The van der Waals surface area contributed by atoms with E-state index in [1.54, 1.807) is 0 Å². The minimum Gasteiger partial charge on any atom is -0.459 e. The normalized spacial score (nSPS) is 10.9. The summed E-state index contributed by atoms with van der Waals surface area (Å²) in [5, 5.41) is 3.93. The van der Waals surface area contributed by atoms with Crippen molar-refractivity contribution < 1.29 is 9.21 Å². The number of rotatable bonds is 4. The molecule has 0 saturated heterocycles. The molecule has 2 N–H and O–H groups in total. The zero-order valence-electron chi connectivity index (χ0n) is 13.9. The van der Waals surface area contributed by atoms with Gasteiger partial charge in [0.2, 0.25) is 0 Å². The number of carbonyl (C=O) groups excluding carboxylic acids is 1. The van der Waals surface area contributed by atoms with Gasteiger partial charge >= 0.3 is 0 Å². The molecule has 124 valence electrons. The number of benzene rings is 2. The van der Waals surface area contributed by atoms with Crippen LogP contribution in [0.4, 0.5) is 0 Å². The third-order valence-electron chi connectivity index (χ3n) is 4.16. The first-order valence-corrected chi connectivity index (χ1v) is 8.21. The summed E-state index contributed by atoms with van der Waals surface area (Å²) in [5.74, 6) is 1.37. The van der Waals surface area contributed by atoms with Gasteiger partial charge in [-0.25, -0.2) is 0 Å². The lowest BCUT2D eigenvalue weighted by molar-refractivity contribution is 0.0944. The van der Waals surface area contributed by atoms with Crippen LogP contribution in [0.1, 0.15) is 21.8 Å². The number of fused-ring (bicyclic) bond motifs is 1. The molecule has 2 aromatic heterocycles. The number of furan rings is 1. The zero-order chi connectivity index (χ0) is 17.2. The summed E-state index contributed by atoms with van der Waals surface area (Å²) in [6, 6.07) is 21.6. The molecule has 0 bridgehead atoms. The molecular weight excluding hydrogens is 312 g/mol. The van der Waals surface area contributed by atoms with E-state index in [1.807, 2.05) is 67.6 Å². The van der Waals surface area contributed by atoms with Crippen molar-refractivity contribution in [2.45, 2.75) is 13.5 Å². The van der Waals surface area contributed by atoms with E-state index in [0.29, 0.717) is 12.2 Å². The van der Waals surface area contributed by atoms with Crippen molar-refractivity contribution in [3.05, 3.63) is 83.7 Å². The molecule has 2 aromatic carbocycles. The van der Waals surface area contributed by atoms with Gasteiger partial charge in [0.05, 0.1) is 6.54 Å². The summed E-state index contributed by atoms with van der Waals surface area (Å²) in [5.41, 5.74) is 3.70. The van der Waals surface area contributed by atoms with Gasteiger partial charge in [-0.05, 0) is 37.3 Å². The molecule has 4 aromatic rings. The van der Waals surface area contributed by atoms with Gasteiger partial charge in [-0.15, -0.1) is 0 Å². The van der Waals surface area contributed by atoms with Crippen molar-refractivity contribution in [2.75, 3.05) is 0 Å². The van der Waals surface area contributed by atoms with E-state index in [1.165, 1.54) is 5.56 Å². The minimum absolute atomic E-state index is 0.147. The van der Waals surface area contributed by atoms with Gasteiger partial charge in [-0.2, -0.15) is 0 Å². The zero-order valence-corrected chi connectivity index (χ0v) is 13.9. The molecule has 0 aliphatic heterocycles. The van der Waals surface area contributed by atoms with Crippen LogP contribution in [0.25, 0.3) is 22.2 Å². The first-order chi connectivity index (χ1) is 12.2. The molecule has 1 amide bonds. The van der Waals surface area contributed by atoms with E-state index in [0.717, 1.165) is 28.0 Å². The van der Waals surface area contributed by atoms with E-state index in [4.69, 9.17) is 4.42 Å². The molecule has 0 unspecified atom stereocenters. The van der Waals surface area contributed by atoms with Crippen LogP contribution in [0.5, 0.6) is 0 Å². The lowest BCUT2D eigenvalue weighted by Crippen LogP contribution is -2.22. The van der Waals surface area contributed by atoms with Gasteiger partial charge in [-0.1, -0.05) is 42.0 Å². The van der Waals surface area contributed by atoms with Crippen LogP contribution < -0.4 is 5.32 Å². The smallest absolute Gasteiger partial charge is 0.268 e. The Morgan fingerprint density at radius 1 is 1.04 bits per heavy atom. The summed E-state index contributed by atoms with van der Waals surface area (Å²) in [7, 11) is 0. The van der Waals surface area contributed by atoms with Crippen molar-refractivity contribution in [1.29, 1.82) is 0 Å². The minimum atomic E-state index is -0.147. The lowest BCUT2D eigenvalue weighted by atomic mass is 10.2. The molecule has 4 heteroatoms. The predicted octanol–water partition coefficient (Wildman–Crippen LogP) is 4.67. The van der Waals surface area contributed by atoms with Crippen molar-refractivity contribution in [3.63, 3.8) is 0 Å². The Labute approximate surface area is 145 Å². The fourth-order valence-electron chi connectivity index (χ4n) is 2.87. The highest BCUT2D eigenvalue weighted by atomic mass is 16.3. The second-order valence-electron chi connectivity index (χ2n) is 6.09. The maximum Gasteiger partial charge on any atom is 0.268 e. The Balaban J connectivity index is 1.45. The van der Waals surface area contributed by atoms with Gasteiger partial charge < -0.3 is 14.7 Å². The summed E-state index contributed by atoms with van der Waals surface area (Å²) in [6.45, 7) is 2.38. The maximum absolute atomic E-state index is 12.4. The highest BCUT2D eigenvalue weighted by Crippen LogP contribution is 2.22. The number of H-pyrrole nitrogens is 1. The van der Waals surface area contributed by atoms with Gasteiger partial charge in [0, 0.05) is 16.5 Å². The number of aryl methyl sites for hydroxylation is 1. The van der Waals surface area contributed by atoms with E-state index in [9.17, 15) is 4.79 Å². The van der Waals surface area contributed by atoms with Crippen LogP contribution in [0, 0.1) is 6.92 Å². The second-order valence-corrected chi connectivity index (χ2v) is 6.09. The monoisotopic (exact) mass is 330 g/mol. The molecule has 0 radical (unpaired) electrons. The van der Waals surface area contributed by atoms with Crippen molar-refractivity contribution in [3.8, 4) is 11.3 Å². The molecule has 0 atom stereocenters. The quantitative estimate of drug-likeness (QED) is 0.571. The first-order valence-electron chi connectivity index (χ1n) is 8.21. The van der Waals surface area contributed by atoms with Crippen molar-refractivity contribution in [1.82, 2.24) is 10.3 Å². The van der Waals surface area contributed by atoms with Crippen LogP contribution in [0.3, 0.4) is 0 Å². The largest absolute Gasteiger partial charge is 0.459 e. The highest BCUT2D eigenvalue weighted by Gasteiger charge is 2.11. The van der Waals surface area contributed by atoms with Gasteiger partial charge in [0.15, 0.2) is 0 Å². The molecule has 4 nitrogen and oxygen atoms in total. The van der Waals surface area contributed by atoms with Crippen LogP contribution in [0.2, 0.25) is 0 Å². The summed E-state index contributed by atoms with van der Waals surface area (Å²) < 4.78 is 5.81. The van der Waals surface area contributed by atoms with Crippen LogP contribution in [-0.2, 0) is 6.54 Å². The standard InChI is InChI=1S/C21H18N2O2/c1-14-7-9-18-16(11-14)12-19(23-18)21(24)22-13-17-8-10-20(25-17)15-5-3-2-4-6-15/h2-12,23H,13H2,1H3,(H,22,24). The molecule has 4 rings (SSSR count). The predicted molar refractivity (Wildman–Crippen MR) is 98.3 cm³/mol. The van der Waals surface area contributed by atoms with Gasteiger partial charge in [0.25, 0.3) is 5.91 Å². The number of aromatic amines is 1. The number of aromatic nitrogens is 1. The molecule has 25 heavy (non-hydrogen) atoms. The fraction of sp³-hybridized carbons (Fsp3) is 0.0952. The van der Waals surface area contributed by atoms with E-state index >= 15 is 0 Å². The Morgan fingerprint density at radius 2 is 1.88 bits per heavy atom. The summed E-state index contributed by atoms with van der Waals surface area (Å²) in [6.07, 6.45) is 0. The van der Waals surface area contributed by atoms with Gasteiger partial charge in [0.1, 0.15) is 17.2 Å². The first kappa shape index (κ1) is 15.3. The molecular formula is C21H18N2O2. The number of hydrogen-bond acceptors (Lipinski definition) is 2. The average Bonchev–Trinajstić information content (AvgIpc) is 3.27. The van der Waals surface area contributed by atoms with E-state index < -0.39 is 0 Å². The van der Waals surface area contributed by atoms with Crippen LogP contribution >= 0.6 is 0 Å². The number of nitrogens with one attached hydrogen (secondary N) is 2. The average molecular weight is 330 g/mol. The maximum atomic E-state index is 12.4. The third-order valence-corrected chi connectivity index (χ3v) is 4.16. The Kier molecular flexibility index (Phi) is 3.86. The highest BCUT2D eigenvalue weighted by molar-refractivity contribution is 5.98. The molecule has 0 aliphatic carbocycles. The van der Waals surface area contributed by atoms with Crippen LogP contribution in [0.15, 0.2) is 71.1 Å². The topological polar surface area (TPSA) is 58.0 Å². The SMILES string of the molecule is Cc1ccc2[nH]c(C(=O)NCc3ccc(-c4ccccc4)o3)cc2c1. The second kappa shape index (κ2) is 6.32. The molecule has 0 spiro atoms. The number of carbonyl (C=O) groups is 1. The number of hydrogen-bond donors (Lipinski definition) is 2. The Morgan fingerprint density at radius 3 is 2.72 bits per heavy atom. The van der Waals surface area contributed by atoms with Crippen LogP contribution in [-0.4, -0.2) is 10.9 Å². The van der Waals surface area contributed by atoms with E-state index in [-0.39, 0.29) is 5.91 Å².